The molecule has 3 aromatic rings. The zero-order chi connectivity index (χ0) is 18.1. The molecule has 3 rings (SSSR count). The van der Waals surface area contributed by atoms with Crippen LogP contribution in [0.5, 0.6) is 0 Å². The fourth-order valence-corrected chi connectivity index (χ4v) is 4.17. The van der Waals surface area contributed by atoms with E-state index in [0.717, 1.165) is 31.7 Å². The van der Waals surface area contributed by atoms with E-state index in [1.807, 2.05) is 19.1 Å². The van der Waals surface area contributed by atoms with E-state index in [2.05, 4.69) is 33.0 Å². The Morgan fingerprint density at radius 1 is 1.12 bits per heavy atom. The average Bonchev–Trinajstić information content (AvgIpc) is 2.63. The zero-order valence-electron chi connectivity index (χ0n) is 14.2. The van der Waals surface area contributed by atoms with E-state index in [4.69, 9.17) is 0 Å². The van der Waals surface area contributed by atoms with Crippen molar-refractivity contribution in [2.75, 3.05) is 0 Å². The maximum absolute atomic E-state index is 12.7. The van der Waals surface area contributed by atoms with Crippen LogP contribution in [0.4, 0.5) is 0 Å². The van der Waals surface area contributed by atoms with Crippen molar-refractivity contribution >= 4 is 38.7 Å². The summed E-state index contributed by atoms with van der Waals surface area (Å²) in [4.78, 5) is 30.2. The molecule has 25 heavy (non-hydrogen) atoms. The number of fused-ring (bicyclic) bond motifs is 1. The van der Waals surface area contributed by atoms with Gasteiger partial charge in [0.15, 0.2) is 0 Å². The Balaban J connectivity index is 2.16. The van der Waals surface area contributed by atoms with Gasteiger partial charge in [-0.05, 0) is 29.7 Å². The quantitative estimate of drug-likeness (QED) is 0.609. The van der Waals surface area contributed by atoms with Crippen molar-refractivity contribution in [3.05, 3.63) is 66.9 Å². The van der Waals surface area contributed by atoms with Crippen LogP contribution >= 0.6 is 27.7 Å². The monoisotopic (exact) mass is 419 g/mol. The Morgan fingerprint density at radius 3 is 2.44 bits per heavy atom. The summed E-state index contributed by atoms with van der Waals surface area (Å²) < 4.78 is 3.61. The molecule has 0 aliphatic rings. The van der Waals surface area contributed by atoms with Gasteiger partial charge in [-0.2, -0.15) is 0 Å². The number of aryl methyl sites for hydroxylation is 2. The molecule has 0 atom stereocenters. The van der Waals surface area contributed by atoms with Gasteiger partial charge in [0.05, 0.1) is 5.39 Å². The van der Waals surface area contributed by atoms with Gasteiger partial charge in [0.25, 0.3) is 5.56 Å². The molecule has 0 bridgehead atoms. The molecular weight excluding hydrogens is 402 g/mol. The lowest BCUT2D eigenvalue weighted by molar-refractivity contribution is 0.705. The number of hydrogen-bond acceptors (Lipinski definition) is 4. The molecule has 0 saturated carbocycles. The van der Waals surface area contributed by atoms with E-state index < -0.39 is 0 Å². The first kappa shape index (κ1) is 17.9. The smallest absolute Gasteiger partial charge is 0.280 e. The van der Waals surface area contributed by atoms with Crippen molar-refractivity contribution in [1.82, 2.24) is 14.1 Å². The number of nitrogens with zero attached hydrogens (tertiary/aromatic N) is 3. The van der Waals surface area contributed by atoms with Crippen molar-refractivity contribution in [1.29, 1.82) is 0 Å². The van der Waals surface area contributed by atoms with Gasteiger partial charge >= 0.3 is 5.69 Å². The number of rotatable bonds is 4. The highest BCUT2D eigenvalue weighted by atomic mass is 79.9. The Kier molecular flexibility index (Phi) is 5.15. The van der Waals surface area contributed by atoms with Gasteiger partial charge in [-0.1, -0.05) is 35.0 Å². The highest BCUT2D eigenvalue weighted by Crippen LogP contribution is 2.31. The molecule has 7 heteroatoms. The highest BCUT2D eigenvalue weighted by Gasteiger charge is 2.17. The Bertz CT molecular complexity index is 1060. The van der Waals surface area contributed by atoms with E-state index in [-0.39, 0.29) is 11.2 Å². The van der Waals surface area contributed by atoms with Crippen LogP contribution in [-0.2, 0) is 26.3 Å². The van der Waals surface area contributed by atoms with E-state index in [9.17, 15) is 9.59 Å². The second kappa shape index (κ2) is 7.17. The third kappa shape index (κ3) is 3.30. The number of aromatic nitrogens is 3. The molecule has 130 valence electrons. The van der Waals surface area contributed by atoms with Gasteiger partial charge < -0.3 is 0 Å². The normalized spacial score (nSPS) is 11.2. The molecule has 0 amide bonds. The van der Waals surface area contributed by atoms with Crippen molar-refractivity contribution in [3.8, 4) is 0 Å². The largest absolute Gasteiger partial charge is 0.332 e. The number of pyridine rings is 1. The van der Waals surface area contributed by atoms with Crippen LogP contribution < -0.4 is 11.2 Å². The molecule has 0 N–H and O–H groups in total. The van der Waals surface area contributed by atoms with Crippen LogP contribution in [0.25, 0.3) is 11.0 Å². The molecule has 0 radical (unpaired) electrons. The fourth-order valence-electron chi connectivity index (χ4n) is 2.69. The lowest BCUT2D eigenvalue weighted by atomic mass is 10.2. The summed E-state index contributed by atoms with van der Waals surface area (Å²) in [5.41, 5.74) is 1.97. The molecule has 0 aliphatic heterocycles. The van der Waals surface area contributed by atoms with Gasteiger partial charge in [-0.25, -0.2) is 9.78 Å². The average molecular weight is 420 g/mol. The summed E-state index contributed by atoms with van der Waals surface area (Å²) in [6, 6.07) is 8.12. The standard InChI is InChI=1S/C18H18BrN3O2S/c1-4-12-9-20-16-14(17(23)22(3)18(24)21(16)2)15(12)25-10-11-5-7-13(19)8-6-11/h5-9H,4,10H2,1-3H3. The van der Waals surface area contributed by atoms with Crippen LogP contribution in [0.1, 0.15) is 18.1 Å². The van der Waals surface area contributed by atoms with Crippen LogP contribution in [0.2, 0.25) is 0 Å². The molecule has 0 aliphatic carbocycles. The minimum atomic E-state index is -0.363. The maximum Gasteiger partial charge on any atom is 0.332 e. The first-order chi connectivity index (χ1) is 11.9. The van der Waals surface area contributed by atoms with E-state index in [1.54, 1.807) is 25.0 Å². The SMILES string of the molecule is CCc1cnc2c(c1SCc1ccc(Br)cc1)c(=O)n(C)c(=O)n2C. The van der Waals surface area contributed by atoms with E-state index in [0.29, 0.717) is 11.0 Å². The Morgan fingerprint density at radius 2 is 1.80 bits per heavy atom. The number of halogens is 1. The molecule has 0 fully saturated rings. The van der Waals surface area contributed by atoms with Crippen LogP contribution in [0.3, 0.4) is 0 Å². The zero-order valence-corrected chi connectivity index (χ0v) is 16.6. The predicted octanol–water partition coefficient (Wildman–Crippen LogP) is 3.25. The number of thioether (sulfide) groups is 1. The minimum Gasteiger partial charge on any atom is -0.280 e. The van der Waals surface area contributed by atoms with E-state index >= 15 is 0 Å². The van der Waals surface area contributed by atoms with Crippen molar-refractivity contribution in [3.63, 3.8) is 0 Å². The van der Waals surface area contributed by atoms with Crippen LogP contribution in [0, 0.1) is 0 Å². The van der Waals surface area contributed by atoms with Gasteiger partial charge in [0.2, 0.25) is 0 Å². The summed E-state index contributed by atoms with van der Waals surface area (Å²) in [5.74, 6) is 0.741. The molecule has 0 unspecified atom stereocenters. The Hall–Kier alpha value is -1.86. The van der Waals surface area contributed by atoms with Crippen molar-refractivity contribution in [2.24, 2.45) is 14.1 Å². The fraction of sp³-hybridized carbons (Fsp3) is 0.278. The second-order valence-corrected chi connectivity index (χ2v) is 7.69. The van der Waals surface area contributed by atoms with Gasteiger partial charge in [0.1, 0.15) is 5.65 Å². The lowest BCUT2D eigenvalue weighted by Crippen LogP contribution is -2.37. The van der Waals surface area contributed by atoms with Crippen LogP contribution in [0.15, 0.2) is 49.4 Å². The van der Waals surface area contributed by atoms with Gasteiger partial charge in [0, 0.05) is 35.4 Å². The van der Waals surface area contributed by atoms with Crippen LogP contribution in [-0.4, -0.2) is 14.1 Å². The summed E-state index contributed by atoms with van der Waals surface area (Å²) in [6.45, 7) is 2.04. The molecule has 0 spiro atoms. The second-order valence-electron chi connectivity index (χ2n) is 5.79. The number of benzene rings is 1. The Labute approximate surface area is 157 Å². The summed E-state index contributed by atoms with van der Waals surface area (Å²) in [5, 5.41) is 0.520. The van der Waals surface area contributed by atoms with Crippen molar-refractivity contribution < 1.29 is 0 Å². The summed E-state index contributed by atoms with van der Waals surface area (Å²) in [7, 11) is 3.15. The molecule has 5 nitrogen and oxygen atoms in total. The number of hydrogen-bond donors (Lipinski definition) is 0. The first-order valence-electron chi connectivity index (χ1n) is 7.88. The molecule has 2 heterocycles. The molecule has 2 aromatic heterocycles. The topological polar surface area (TPSA) is 56.9 Å². The van der Waals surface area contributed by atoms with E-state index in [1.165, 1.54) is 17.2 Å². The third-order valence-electron chi connectivity index (χ3n) is 4.17. The molecule has 0 saturated heterocycles. The first-order valence-corrected chi connectivity index (χ1v) is 9.66. The molecule has 1 aromatic carbocycles. The van der Waals surface area contributed by atoms with Gasteiger partial charge in [-0.3, -0.25) is 13.9 Å². The maximum atomic E-state index is 12.7. The van der Waals surface area contributed by atoms with Crippen molar-refractivity contribution in [2.45, 2.75) is 24.0 Å². The summed E-state index contributed by atoms with van der Waals surface area (Å²) in [6.07, 6.45) is 2.54. The minimum absolute atomic E-state index is 0.292. The van der Waals surface area contributed by atoms with Gasteiger partial charge in [-0.15, -0.1) is 11.8 Å². The highest BCUT2D eigenvalue weighted by molar-refractivity contribution is 9.10. The predicted molar refractivity (Wildman–Crippen MR) is 105 cm³/mol. The third-order valence-corrected chi connectivity index (χ3v) is 5.93. The molecular formula is C18H18BrN3O2S. The summed E-state index contributed by atoms with van der Waals surface area (Å²) >= 11 is 5.05. The lowest BCUT2D eigenvalue weighted by Gasteiger charge is -2.13.